The molecule has 2 N–H and O–H groups in total. The molecule has 3 aromatic rings. The van der Waals surface area contributed by atoms with E-state index in [9.17, 15) is 9.59 Å². The van der Waals surface area contributed by atoms with Gasteiger partial charge in [-0.15, -0.1) is 0 Å². The van der Waals surface area contributed by atoms with Crippen molar-refractivity contribution in [3.8, 4) is 0 Å². The van der Waals surface area contributed by atoms with E-state index in [0.717, 1.165) is 16.6 Å². The van der Waals surface area contributed by atoms with Crippen molar-refractivity contribution in [3.63, 3.8) is 0 Å². The Kier molecular flexibility index (Phi) is 4.39. The summed E-state index contributed by atoms with van der Waals surface area (Å²) in [6.07, 6.45) is 1.93. The monoisotopic (exact) mass is 362 g/mol. The van der Waals surface area contributed by atoms with Crippen LogP contribution in [0, 0.1) is 5.92 Å². The number of H-pyrrole nitrogens is 1. The minimum absolute atomic E-state index is 0.0178. The second-order valence-corrected chi connectivity index (χ2v) is 7.28. The van der Waals surface area contributed by atoms with Gasteiger partial charge in [-0.1, -0.05) is 38.1 Å². The number of amides is 2. The number of nitrogens with zero attached hydrogens (tertiary/aromatic N) is 2. The summed E-state index contributed by atoms with van der Waals surface area (Å²) in [7, 11) is 0. The number of aromatic amines is 1. The molecule has 2 amide bonds. The Labute approximate surface area is 157 Å². The molecule has 138 valence electrons. The van der Waals surface area contributed by atoms with Gasteiger partial charge in [0.05, 0.1) is 23.3 Å². The zero-order valence-corrected chi connectivity index (χ0v) is 15.4. The Bertz CT molecular complexity index is 1010. The maximum absolute atomic E-state index is 12.8. The molecule has 1 aliphatic rings. The molecule has 0 radical (unpaired) electrons. The van der Waals surface area contributed by atoms with E-state index in [-0.39, 0.29) is 24.2 Å². The first-order valence-corrected chi connectivity index (χ1v) is 9.16. The van der Waals surface area contributed by atoms with Crippen LogP contribution in [0.4, 0.5) is 11.4 Å². The predicted octanol–water partition coefficient (Wildman–Crippen LogP) is 3.68. The molecule has 6 heteroatoms. The van der Waals surface area contributed by atoms with Crippen LogP contribution in [0.5, 0.6) is 0 Å². The predicted molar refractivity (Wildman–Crippen MR) is 106 cm³/mol. The van der Waals surface area contributed by atoms with E-state index in [1.807, 2.05) is 36.4 Å². The highest BCUT2D eigenvalue weighted by Gasteiger charge is 2.35. The van der Waals surface area contributed by atoms with E-state index < -0.39 is 0 Å². The van der Waals surface area contributed by atoms with Crippen molar-refractivity contribution in [2.45, 2.75) is 26.2 Å². The Balaban J connectivity index is 1.51. The number of benzene rings is 2. The summed E-state index contributed by atoms with van der Waals surface area (Å²) in [6, 6.07) is 13.6. The SMILES string of the molecule is CC(C)c1cccc(N2CC(C(=O)Nc3cccc4cn[nH]c34)CC2=O)c1. The van der Waals surface area contributed by atoms with Gasteiger partial charge in [0, 0.05) is 24.0 Å². The largest absolute Gasteiger partial charge is 0.324 e. The van der Waals surface area contributed by atoms with Crippen LogP contribution < -0.4 is 10.2 Å². The molecule has 0 bridgehead atoms. The molecule has 1 saturated heterocycles. The van der Waals surface area contributed by atoms with Crippen LogP contribution in [0.15, 0.2) is 48.7 Å². The number of carbonyl (C=O) groups is 2. The Morgan fingerprint density at radius 1 is 1.26 bits per heavy atom. The summed E-state index contributed by atoms with van der Waals surface area (Å²) in [6.45, 7) is 4.64. The molecule has 1 unspecified atom stereocenters. The van der Waals surface area contributed by atoms with Crippen molar-refractivity contribution in [1.82, 2.24) is 10.2 Å². The molecule has 4 rings (SSSR count). The van der Waals surface area contributed by atoms with Crippen LogP contribution in [0.2, 0.25) is 0 Å². The van der Waals surface area contributed by atoms with Crippen LogP contribution >= 0.6 is 0 Å². The number of hydrogen-bond donors (Lipinski definition) is 2. The summed E-state index contributed by atoms with van der Waals surface area (Å²) < 4.78 is 0. The van der Waals surface area contributed by atoms with Gasteiger partial charge in [-0.05, 0) is 29.7 Å². The second kappa shape index (κ2) is 6.87. The van der Waals surface area contributed by atoms with Crippen molar-refractivity contribution >= 4 is 34.1 Å². The van der Waals surface area contributed by atoms with Crippen LogP contribution in [0.1, 0.15) is 31.7 Å². The standard InChI is InChI=1S/C21H22N4O2/c1-13(2)14-5-3-7-17(9-14)25-12-16(10-19(25)26)21(27)23-18-8-4-6-15-11-22-24-20(15)18/h3-9,11,13,16H,10,12H2,1-2H3,(H,22,24)(H,23,27). The maximum atomic E-state index is 12.8. The number of carbonyl (C=O) groups excluding carboxylic acids is 2. The van der Waals surface area contributed by atoms with E-state index >= 15 is 0 Å². The molecular weight excluding hydrogens is 340 g/mol. The quantitative estimate of drug-likeness (QED) is 0.743. The third-order valence-electron chi connectivity index (χ3n) is 5.08. The van der Waals surface area contributed by atoms with Crippen molar-refractivity contribution < 1.29 is 9.59 Å². The zero-order valence-electron chi connectivity index (χ0n) is 15.4. The van der Waals surface area contributed by atoms with Gasteiger partial charge in [-0.25, -0.2) is 0 Å². The number of hydrogen-bond acceptors (Lipinski definition) is 3. The average Bonchev–Trinajstić information content (AvgIpc) is 3.29. The fourth-order valence-electron chi connectivity index (χ4n) is 3.49. The van der Waals surface area contributed by atoms with Gasteiger partial charge in [0.2, 0.25) is 11.8 Å². The van der Waals surface area contributed by atoms with Gasteiger partial charge in [0.1, 0.15) is 0 Å². The smallest absolute Gasteiger partial charge is 0.229 e. The number of fused-ring (bicyclic) bond motifs is 1. The molecule has 0 spiro atoms. The molecule has 1 aromatic heterocycles. The lowest BCUT2D eigenvalue weighted by molar-refractivity contribution is -0.122. The summed E-state index contributed by atoms with van der Waals surface area (Å²) >= 11 is 0. The lowest BCUT2D eigenvalue weighted by Gasteiger charge is -2.18. The third-order valence-corrected chi connectivity index (χ3v) is 5.08. The summed E-state index contributed by atoms with van der Waals surface area (Å²) in [5, 5.41) is 10.8. The molecular formula is C21H22N4O2. The third kappa shape index (κ3) is 3.30. The van der Waals surface area contributed by atoms with E-state index in [4.69, 9.17) is 0 Å². The van der Waals surface area contributed by atoms with E-state index in [0.29, 0.717) is 18.2 Å². The Morgan fingerprint density at radius 2 is 2.07 bits per heavy atom. The molecule has 1 fully saturated rings. The topological polar surface area (TPSA) is 78.1 Å². The maximum Gasteiger partial charge on any atom is 0.229 e. The van der Waals surface area contributed by atoms with E-state index in [1.54, 1.807) is 11.1 Å². The van der Waals surface area contributed by atoms with Crippen LogP contribution in [0.25, 0.3) is 10.9 Å². The van der Waals surface area contributed by atoms with Crippen molar-refractivity contribution in [2.24, 2.45) is 5.92 Å². The van der Waals surface area contributed by atoms with Crippen molar-refractivity contribution in [1.29, 1.82) is 0 Å². The van der Waals surface area contributed by atoms with Crippen molar-refractivity contribution in [3.05, 3.63) is 54.2 Å². The van der Waals surface area contributed by atoms with Crippen LogP contribution in [0.3, 0.4) is 0 Å². The van der Waals surface area contributed by atoms with Gasteiger partial charge in [-0.2, -0.15) is 5.10 Å². The molecule has 2 aromatic carbocycles. The highest BCUT2D eigenvalue weighted by molar-refractivity contribution is 6.06. The van der Waals surface area contributed by atoms with E-state index in [2.05, 4.69) is 35.4 Å². The van der Waals surface area contributed by atoms with Crippen LogP contribution in [-0.4, -0.2) is 28.6 Å². The highest BCUT2D eigenvalue weighted by atomic mass is 16.2. The Hall–Kier alpha value is -3.15. The first-order chi connectivity index (χ1) is 13.0. The summed E-state index contributed by atoms with van der Waals surface area (Å²) in [5.41, 5.74) is 3.51. The fraction of sp³-hybridized carbons (Fsp3) is 0.286. The van der Waals surface area contributed by atoms with Gasteiger partial charge in [0.25, 0.3) is 0 Å². The minimum Gasteiger partial charge on any atom is -0.324 e. The normalized spacial score (nSPS) is 17.1. The fourth-order valence-corrected chi connectivity index (χ4v) is 3.49. The lowest BCUT2D eigenvalue weighted by Crippen LogP contribution is -2.28. The molecule has 1 aliphatic heterocycles. The highest BCUT2D eigenvalue weighted by Crippen LogP contribution is 2.29. The van der Waals surface area contributed by atoms with Crippen LogP contribution in [-0.2, 0) is 9.59 Å². The van der Waals surface area contributed by atoms with Gasteiger partial charge in [-0.3, -0.25) is 14.7 Å². The number of aromatic nitrogens is 2. The summed E-state index contributed by atoms with van der Waals surface area (Å²) in [4.78, 5) is 27.0. The first kappa shape index (κ1) is 17.3. The number of anilines is 2. The molecule has 0 saturated carbocycles. The number of para-hydroxylation sites is 1. The molecule has 1 atom stereocenters. The number of rotatable bonds is 4. The van der Waals surface area contributed by atoms with Crippen molar-refractivity contribution in [2.75, 3.05) is 16.8 Å². The molecule has 2 heterocycles. The van der Waals surface area contributed by atoms with E-state index in [1.165, 1.54) is 5.56 Å². The number of nitrogens with one attached hydrogen (secondary N) is 2. The zero-order chi connectivity index (χ0) is 19.0. The second-order valence-electron chi connectivity index (χ2n) is 7.28. The molecule has 0 aliphatic carbocycles. The van der Waals surface area contributed by atoms with Gasteiger partial charge < -0.3 is 10.2 Å². The van der Waals surface area contributed by atoms with Gasteiger partial charge in [0.15, 0.2) is 0 Å². The average molecular weight is 362 g/mol. The van der Waals surface area contributed by atoms with Gasteiger partial charge >= 0.3 is 0 Å². The summed E-state index contributed by atoms with van der Waals surface area (Å²) in [5.74, 6) is -0.154. The lowest BCUT2D eigenvalue weighted by atomic mass is 10.0. The minimum atomic E-state index is -0.376. The first-order valence-electron chi connectivity index (χ1n) is 9.16. The molecule has 6 nitrogen and oxygen atoms in total. The Morgan fingerprint density at radius 3 is 2.89 bits per heavy atom. The molecule has 27 heavy (non-hydrogen) atoms.